The van der Waals surface area contributed by atoms with E-state index in [2.05, 4.69) is 0 Å². The summed E-state index contributed by atoms with van der Waals surface area (Å²) in [6.07, 6.45) is 7.28. The van der Waals surface area contributed by atoms with E-state index in [0.29, 0.717) is 12.5 Å². The molecular formula is C10H16O2. The molecule has 1 heterocycles. The second kappa shape index (κ2) is 3.46. The molecule has 2 fully saturated rings. The highest BCUT2D eigenvalue weighted by atomic mass is 16.5. The number of cyclic esters (lactones) is 1. The van der Waals surface area contributed by atoms with Gasteiger partial charge in [-0.1, -0.05) is 12.8 Å². The Morgan fingerprint density at radius 1 is 1.08 bits per heavy atom. The fraction of sp³-hybridized carbons (Fsp3) is 0.900. The number of rotatable bonds is 1. The lowest BCUT2D eigenvalue weighted by molar-refractivity contribution is -0.155. The van der Waals surface area contributed by atoms with Crippen molar-refractivity contribution in [2.45, 2.75) is 38.5 Å². The number of esters is 1. The summed E-state index contributed by atoms with van der Waals surface area (Å²) in [5.41, 5.74) is 0. The molecule has 2 rings (SSSR count). The fourth-order valence-corrected chi connectivity index (χ4v) is 2.49. The Morgan fingerprint density at radius 2 is 1.83 bits per heavy atom. The zero-order chi connectivity index (χ0) is 8.39. The van der Waals surface area contributed by atoms with E-state index in [1.165, 1.54) is 25.7 Å². The monoisotopic (exact) mass is 168 g/mol. The second-order valence-electron chi connectivity index (χ2n) is 3.96. The third-order valence-electron chi connectivity index (χ3n) is 3.18. The van der Waals surface area contributed by atoms with E-state index >= 15 is 0 Å². The van der Waals surface area contributed by atoms with Gasteiger partial charge in [0, 0.05) is 0 Å². The number of carbonyl (C=O) groups excluding carboxylic acids is 1. The summed E-state index contributed by atoms with van der Waals surface area (Å²) in [4.78, 5) is 11.4. The Balaban J connectivity index is 1.95. The van der Waals surface area contributed by atoms with Gasteiger partial charge in [0.25, 0.3) is 0 Å². The van der Waals surface area contributed by atoms with Gasteiger partial charge >= 0.3 is 5.97 Å². The Labute approximate surface area is 73.3 Å². The van der Waals surface area contributed by atoms with Gasteiger partial charge in [0.15, 0.2) is 0 Å². The van der Waals surface area contributed by atoms with Crippen molar-refractivity contribution in [1.29, 1.82) is 0 Å². The van der Waals surface area contributed by atoms with E-state index in [-0.39, 0.29) is 11.9 Å². The van der Waals surface area contributed by atoms with Gasteiger partial charge in [0.1, 0.15) is 0 Å². The predicted molar refractivity (Wildman–Crippen MR) is 45.6 cm³/mol. The molecule has 2 heteroatoms. The Morgan fingerprint density at radius 3 is 2.50 bits per heavy atom. The minimum Gasteiger partial charge on any atom is -0.465 e. The molecule has 1 saturated heterocycles. The van der Waals surface area contributed by atoms with Crippen LogP contribution in [0.25, 0.3) is 0 Å². The first-order valence-corrected chi connectivity index (χ1v) is 5.04. The zero-order valence-corrected chi connectivity index (χ0v) is 7.42. The van der Waals surface area contributed by atoms with E-state index < -0.39 is 0 Å². The minimum absolute atomic E-state index is 0.0770. The number of ether oxygens (including phenoxy) is 1. The van der Waals surface area contributed by atoms with E-state index in [1.807, 2.05) is 0 Å². The molecule has 12 heavy (non-hydrogen) atoms. The van der Waals surface area contributed by atoms with Gasteiger partial charge in [0.2, 0.25) is 0 Å². The summed E-state index contributed by atoms with van der Waals surface area (Å²) >= 11 is 0. The van der Waals surface area contributed by atoms with Crippen LogP contribution in [0.4, 0.5) is 0 Å². The predicted octanol–water partition coefficient (Wildman–Crippen LogP) is 2.13. The van der Waals surface area contributed by atoms with Gasteiger partial charge < -0.3 is 4.74 Å². The highest BCUT2D eigenvalue weighted by molar-refractivity contribution is 5.73. The van der Waals surface area contributed by atoms with Gasteiger partial charge in [0.05, 0.1) is 12.5 Å². The second-order valence-corrected chi connectivity index (χ2v) is 3.96. The summed E-state index contributed by atoms with van der Waals surface area (Å²) in [5.74, 6) is 0.979. The van der Waals surface area contributed by atoms with Crippen molar-refractivity contribution in [3.05, 3.63) is 0 Å². The van der Waals surface area contributed by atoms with Gasteiger partial charge in [-0.3, -0.25) is 4.79 Å². The standard InChI is InChI=1S/C10H16O2/c11-10-9(6-3-7-12-10)8-4-1-2-5-8/h8-9H,1-7H2. The topological polar surface area (TPSA) is 26.3 Å². The molecule has 0 aromatic carbocycles. The van der Waals surface area contributed by atoms with Crippen LogP contribution in [-0.2, 0) is 9.53 Å². The van der Waals surface area contributed by atoms with Gasteiger partial charge in [-0.05, 0) is 31.6 Å². The van der Waals surface area contributed by atoms with Crippen LogP contribution in [0.3, 0.4) is 0 Å². The molecule has 0 aromatic heterocycles. The van der Waals surface area contributed by atoms with E-state index in [1.54, 1.807) is 0 Å². The van der Waals surface area contributed by atoms with Gasteiger partial charge in [-0.25, -0.2) is 0 Å². The molecule has 0 aromatic rings. The molecule has 1 saturated carbocycles. The molecule has 0 radical (unpaired) electrons. The maximum absolute atomic E-state index is 11.4. The molecule has 2 aliphatic rings. The average Bonchev–Trinajstić information content (AvgIpc) is 2.57. The van der Waals surface area contributed by atoms with Crippen LogP contribution in [0.5, 0.6) is 0 Å². The first kappa shape index (κ1) is 8.09. The molecule has 0 amide bonds. The largest absolute Gasteiger partial charge is 0.465 e. The summed E-state index contributed by atoms with van der Waals surface area (Å²) in [6, 6.07) is 0. The van der Waals surface area contributed by atoms with E-state index in [0.717, 1.165) is 12.8 Å². The van der Waals surface area contributed by atoms with Crippen molar-refractivity contribution in [2.75, 3.05) is 6.61 Å². The molecule has 0 N–H and O–H groups in total. The van der Waals surface area contributed by atoms with E-state index in [9.17, 15) is 4.79 Å². The van der Waals surface area contributed by atoms with Crippen molar-refractivity contribution < 1.29 is 9.53 Å². The van der Waals surface area contributed by atoms with Crippen LogP contribution in [0.1, 0.15) is 38.5 Å². The zero-order valence-electron chi connectivity index (χ0n) is 7.42. The lowest BCUT2D eigenvalue weighted by Crippen LogP contribution is -2.29. The molecular weight excluding hydrogens is 152 g/mol. The summed E-state index contributed by atoms with van der Waals surface area (Å²) in [7, 11) is 0. The van der Waals surface area contributed by atoms with Crippen LogP contribution in [0.15, 0.2) is 0 Å². The fourth-order valence-electron chi connectivity index (χ4n) is 2.49. The first-order valence-electron chi connectivity index (χ1n) is 5.04. The third-order valence-corrected chi connectivity index (χ3v) is 3.18. The van der Waals surface area contributed by atoms with Crippen molar-refractivity contribution >= 4 is 5.97 Å². The van der Waals surface area contributed by atoms with Crippen LogP contribution in [0.2, 0.25) is 0 Å². The van der Waals surface area contributed by atoms with Crippen LogP contribution < -0.4 is 0 Å². The number of hydrogen-bond donors (Lipinski definition) is 0. The molecule has 1 aliphatic heterocycles. The first-order chi connectivity index (χ1) is 5.88. The molecule has 68 valence electrons. The lowest BCUT2D eigenvalue weighted by atomic mass is 9.86. The Kier molecular flexibility index (Phi) is 2.33. The molecule has 0 spiro atoms. The van der Waals surface area contributed by atoms with Crippen molar-refractivity contribution in [3.8, 4) is 0 Å². The highest BCUT2D eigenvalue weighted by Gasteiger charge is 2.33. The molecule has 1 aliphatic carbocycles. The van der Waals surface area contributed by atoms with E-state index in [4.69, 9.17) is 4.74 Å². The summed E-state index contributed by atoms with van der Waals surface area (Å²) in [5, 5.41) is 0. The van der Waals surface area contributed by atoms with Crippen LogP contribution in [-0.4, -0.2) is 12.6 Å². The third kappa shape index (κ3) is 1.47. The maximum Gasteiger partial charge on any atom is 0.309 e. The Hall–Kier alpha value is -0.530. The molecule has 2 nitrogen and oxygen atoms in total. The lowest BCUT2D eigenvalue weighted by Gasteiger charge is -2.25. The smallest absolute Gasteiger partial charge is 0.309 e. The Bertz CT molecular complexity index is 171. The van der Waals surface area contributed by atoms with Gasteiger partial charge in [-0.2, -0.15) is 0 Å². The quantitative estimate of drug-likeness (QED) is 0.561. The SMILES string of the molecule is O=C1OCCCC1C1CCCC1. The van der Waals surface area contributed by atoms with Crippen LogP contribution >= 0.6 is 0 Å². The highest BCUT2D eigenvalue weighted by Crippen LogP contribution is 2.35. The normalized spacial score (nSPS) is 32.0. The van der Waals surface area contributed by atoms with Gasteiger partial charge in [-0.15, -0.1) is 0 Å². The molecule has 1 atom stereocenters. The number of carbonyl (C=O) groups is 1. The number of hydrogen-bond acceptors (Lipinski definition) is 2. The molecule has 1 unspecified atom stereocenters. The summed E-state index contributed by atoms with van der Waals surface area (Å²) < 4.78 is 5.06. The summed E-state index contributed by atoms with van der Waals surface area (Å²) in [6.45, 7) is 0.655. The van der Waals surface area contributed by atoms with Crippen LogP contribution in [0, 0.1) is 11.8 Å². The van der Waals surface area contributed by atoms with Crippen molar-refractivity contribution in [3.63, 3.8) is 0 Å². The minimum atomic E-state index is 0.0770. The average molecular weight is 168 g/mol. The van der Waals surface area contributed by atoms with Crippen molar-refractivity contribution in [2.24, 2.45) is 11.8 Å². The van der Waals surface area contributed by atoms with Crippen molar-refractivity contribution in [1.82, 2.24) is 0 Å². The molecule has 0 bridgehead atoms. The maximum atomic E-state index is 11.4.